The third-order valence-electron chi connectivity index (χ3n) is 5.58. The zero-order chi connectivity index (χ0) is 26.2. The fraction of sp³-hybridized carbons (Fsp3) is 0.304. The molecule has 13 heteroatoms. The first-order valence-electron chi connectivity index (χ1n) is 10.7. The molecule has 0 saturated carbocycles. The molecule has 0 bridgehead atoms. The molecule has 0 radical (unpaired) electrons. The highest BCUT2D eigenvalue weighted by Crippen LogP contribution is 2.33. The summed E-state index contributed by atoms with van der Waals surface area (Å²) in [5, 5.41) is 2.78. The molecule has 1 saturated heterocycles. The molecule has 1 aliphatic rings. The third kappa shape index (κ3) is 5.04. The molecule has 0 aliphatic carbocycles. The highest BCUT2D eigenvalue weighted by atomic mass is 19.4. The van der Waals surface area contributed by atoms with Gasteiger partial charge in [-0.3, -0.25) is 9.88 Å². The van der Waals surface area contributed by atoms with Crippen molar-refractivity contribution < 1.29 is 35.9 Å². The van der Waals surface area contributed by atoms with Crippen LogP contribution in [-0.2, 0) is 10.9 Å². The number of pyridine rings is 1. The second-order valence-electron chi connectivity index (χ2n) is 8.08. The van der Waals surface area contributed by atoms with Gasteiger partial charge >= 0.3 is 12.3 Å². The fourth-order valence-corrected chi connectivity index (χ4v) is 3.73. The second kappa shape index (κ2) is 9.63. The average Bonchev–Trinajstić information content (AvgIpc) is 3.21. The van der Waals surface area contributed by atoms with Gasteiger partial charge in [-0.25, -0.2) is 22.9 Å². The van der Waals surface area contributed by atoms with Crippen molar-refractivity contribution in [2.24, 2.45) is 0 Å². The molecule has 1 aromatic carbocycles. The first-order valence-corrected chi connectivity index (χ1v) is 10.7. The molecule has 1 unspecified atom stereocenters. The van der Waals surface area contributed by atoms with Crippen LogP contribution in [0.4, 0.5) is 42.9 Å². The minimum absolute atomic E-state index is 0.0526. The number of alkyl halides is 4. The van der Waals surface area contributed by atoms with E-state index >= 15 is 0 Å². The minimum Gasteiger partial charge on any atom is -0.447 e. The summed E-state index contributed by atoms with van der Waals surface area (Å²) in [6, 6.07) is 3.02. The summed E-state index contributed by atoms with van der Waals surface area (Å²) in [6.07, 6.45) is -4.76. The number of nitrogens with zero attached hydrogens (tertiary/aromatic N) is 4. The van der Waals surface area contributed by atoms with Crippen molar-refractivity contribution in [3.63, 3.8) is 0 Å². The maximum atomic E-state index is 14.9. The van der Waals surface area contributed by atoms with E-state index in [2.05, 4.69) is 20.3 Å². The Morgan fingerprint density at radius 3 is 2.50 bits per heavy atom. The van der Waals surface area contributed by atoms with E-state index in [9.17, 15) is 31.1 Å². The van der Waals surface area contributed by atoms with E-state index in [4.69, 9.17) is 4.74 Å². The van der Waals surface area contributed by atoms with Gasteiger partial charge in [-0.1, -0.05) is 0 Å². The lowest BCUT2D eigenvalue weighted by Crippen LogP contribution is -2.39. The van der Waals surface area contributed by atoms with Crippen LogP contribution in [-0.4, -0.2) is 39.9 Å². The number of benzene rings is 1. The van der Waals surface area contributed by atoms with Gasteiger partial charge in [0, 0.05) is 23.5 Å². The Hall–Kier alpha value is -3.90. The van der Waals surface area contributed by atoms with Crippen molar-refractivity contribution in [1.29, 1.82) is 0 Å². The molecule has 2 aromatic heterocycles. The van der Waals surface area contributed by atoms with E-state index in [0.29, 0.717) is 6.07 Å². The lowest BCUT2D eigenvalue weighted by molar-refractivity contribution is -0.141. The number of ether oxygens (including phenoxy) is 1. The van der Waals surface area contributed by atoms with Crippen LogP contribution in [0.25, 0.3) is 11.1 Å². The largest absolute Gasteiger partial charge is 0.447 e. The summed E-state index contributed by atoms with van der Waals surface area (Å²) in [7, 11) is 0. The SMILES string of the molecule is C[C@H](Nc1nccc(N2C(=O)OCC2[C@H](C)F)n1)c1cc(F)c(-c2ccnc(C(F)(F)F)c2)cc1F. The predicted octanol–water partition coefficient (Wildman–Crippen LogP) is 5.69. The number of rotatable bonds is 6. The number of aromatic nitrogens is 3. The Balaban J connectivity index is 1.58. The summed E-state index contributed by atoms with van der Waals surface area (Å²) >= 11 is 0. The first kappa shape index (κ1) is 25.2. The average molecular weight is 511 g/mol. The predicted molar refractivity (Wildman–Crippen MR) is 117 cm³/mol. The van der Waals surface area contributed by atoms with Crippen molar-refractivity contribution in [1.82, 2.24) is 15.0 Å². The zero-order valence-electron chi connectivity index (χ0n) is 18.9. The van der Waals surface area contributed by atoms with Crippen LogP contribution >= 0.6 is 0 Å². The minimum atomic E-state index is -4.74. The van der Waals surface area contributed by atoms with Crippen molar-refractivity contribution in [2.45, 2.75) is 38.3 Å². The molecule has 36 heavy (non-hydrogen) atoms. The molecule has 1 aliphatic heterocycles. The Labute approximate surface area is 201 Å². The van der Waals surface area contributed by atoms with Crippen LogP contribution in [0.5, 0.6) is 0 Å². The molecule has 0 spiro atoms. The lowest BCUT2D eigenvalue weighted by Gasteiger charge is -2.22. The van der Waals surface area contributed by atoms with Crippen molar-refractivity contribution >= 4 is 17.9 Å². The highest BCUT2D eigenvalue weighted by molar-refractivity contribution is 5.89. The number of carbonyl (C=O) groups is 1. The Morgan fingerprint density at radius 1 is 1.08 bits per heavy atom. The van der Waals surface area contributed by atoms with Gasteiger partial charge < -0.3 is 10.1 Å². The second-order valence-corrected chi connectivity index (χ2v) is 8.08. The number of cyclic esters (lactones) is 1. The molecule has 1 fully saturated rings. The number of hydrogen-bond acceptors (Lipinski definition) is 6. The van der Waals surface area contributed by atoms with Gasteiger partial charge in [0.05, 0.1) is 6.04 Å². The van der Waals surface area contributed by atoms with E-state index in [1.54, 1.807) is 0 Å². The molecule has 190 valence electrons. The number of amides is 1. The van der Waals surface area contributed by atoms with Gasteiger partial charge in [0.2, 0.25) is 5.95 Å². The van der Waals surface area contributed by atoms with Crippen LogP contribution in [0, 0.1) is 11.6 Å². The molecule has 3 aromatic rings. The molecule has 3 atom stereocenters. The van der Waals surface area contributed by atoms with Gasteiger partial charge in [-0.05, 0) is 49.7 Å². The Morgan fingerprint density at radius 2 is 1.81 bits per heavy atom. The quantitative estimate of drug-likeness (QED) is 0.429. The Kier molecular flexibility index (Phi) is 6.74. The summed E-state index contributed by atoms with van der Waals surface area (Å²) in [5.41, 5.74) is -1.94. The molecule has 4 rings (SSSR count). The van der Waals surface area contributed by atoms with E-state index in [0.717, 1.165) is 29.3 Å². The van der Waals surface area contributed by atoms with Crippen LogP contribution in [0.2, 0.25) is 0 Å². The molecule has 1 amide bonds. The number of hydrogen-bond donors (Lipinski definition) is 1. The molecular weight excluding hydrogens is 492 g/mol. The van der Waals surface area contributed by atoms with Gasteiger partial charge in [0.25, 0.3) is 0 Å². The van der Waals surface area contributed by atoms with Crippen molar-refractivity contribution in [3.05, 3.63) is 65.6 Å². The van der Waals surface area contributed by atoms with E-state index in [1.165, 1.54) is 26.1 Å². The number of carbonyl (C=O) groups excluding carboxylic acids is 1. The number of halogens is 6. The molecule has 1 N–H and O–H groups in total. The van der Waals surface area contributed by atoms with Gasteiger partial charge in [-0.15, -0.1) is 0 Å². The van der Waals surface area contributed by atoms with Crippen LogP contribution in [0.15, 0.2) is 42.7 Å². The first-order chi connectivity index (χ1) is 17.0. The monoisotopic (exact) mass is 511 g/mol. The van der Waals surface area contributed by atoms with Gasteiger partial charge in [-0.2, -0.15) is 18.2 Å². The van der Waals surface area contributed by atoms with E-state index in [1.807, 2.05) is 0 Å². The number of nitrogens with one attached hydrogen (secondary N) is 1. The molecule has 7 nitrogen and oxygen atoms in total. The normalized spacial score (nSPS) is 17.6. The van der Waals surface area contributed by atoms with Crippen LogP contribution < -0.4 is 10.2 Å². The lowest BCUT2D eigenvalue weighted by atomic mass is 10.00. The summed E-state index contributed by atoms with van der Waals surface area (Å²) in [4.78, 5) is 24.5. The Bertz CT molecular complexity index is 1290. The topological polar surface area (TPSA) is 80.2 Å². The maximum absolute atomic E-state index is 14.9. The molecule has 3 heterocycles. The maximum Gasteiger partial charge on any atom is 0.433 e. The smallest absolute Gasteiger partial charge is 0.433 e. The fourth-order valence-electron chi connectivity index (χ4n) is 3.73. The summed E-state index contributed by atoms with van der Waals surface area (Å²) in [6.45, 7) is 2.61. The van der Waals surface area contributed by atoms with E-state index in [-0.39, 0.29) is 35.1 Å². The van der Waals surface area contributed by atoms with Crippen molar-refractivity contribution in [2.75, 3.05) is 16.8 Å². The van der Waals surface area contributed by atoms with E-state index < -0.39 is 47.9 Å². The number of anilines is 2. The van der Waals surface area contributed by atoms with Crippen LogP contribution in [0.1, 0.15) is 31.1 Å². The zero-order valence-corrected chi connectivity index (χ0v) is 18.9. The summed E-state index contributed by atoms with van der Waals surface area (Å²) in [5.74, 6) is -1.84. The molecular formula is C23H19F6N5O2. The standard InChI is InChI=1S/C23H19F6N5O2/c1-11(24)18-10-36-22(35)34(18)20-4-6-31-21(33-20)32-12(2)14-8-17(26)15(9-16(14)25)13-3-5-30-19(7-13)23(27,28)29/h3-9,11-12,18H,10H2,1-2H3,(H,31,32,33)/t11-,12-,18?/m0/s1. The summed E-state index contributed by atoms with van der Waals surface area (Å²) < 4.78 is 87.4. The third-order valence-corrected chi connectivity index (χ3v) is 5.58. The van der Waals surface area contributed by atoms with Crippen molar-refractivity contribution in [3.8, 4) is 11.1 Å². The van der Waals surface area contributed by atoms with Crippen LogP contribution in [0.3, 0.4) is 0 Å². The van der Waals surface area contributed by atoms with Gasteiger partial charge in [0.1, 0.15) is 42.0 Å². The highest BCUT2D eigenvalue weighted by Gasteiger charge is 2.39. The van der Waals surface area contributed by atoms with Gasteiger partial charge in [0.15, 0.2) is 0 Å².